The van der Waals surface area contributed by atoms with Gasteiger partial charge in [0.15, 0.2) is 134 Å². The second-order valence-corrected chi connectivity index (χ2v) is 28.1. The Morgan fingerprint density at radius 3 is 0.842 bits per heavy atom. The van der Waals surface area contributed by atoms with Crippen molar-refractivity contribution in [3.05, 3.63) is 220 Å². The highest BCUT2D eigenvalue weighted by Gasteiger charge is 2.69. The van der Waals surface area contributed by atoms with E-state index in [-0.39, 0.29) is 24.3 Å². The van der Waals surface area contributed by atoms with E-state index in [1.807, 2.05) is 0 Å². The number of benzene rings is 6. The molecule has 1 nitrogen and oxygen atoms in total. The lowest BCUT2D eigenvalue weighted by molar-refractivity contribution is -0.655. The molecule has 4 unspecified atom stereocenters. The third kappa shape index (κ3) is 12.7. The van der Waals surface area contributed by atoms with Gasteiger partial charge in [-0.1, -0.05) is 87.3 Å². The molecule has 0 saturated carbocycles. The van der Waals surface area contributed by atoms with E-state index in [0.29, 0.717) is 0 Å². The first-order valence-corrected chi connectivity index (χ1v) is 31.7. The Labute approximate surface area is 544 Å². The molecule has 0 amide bonds. The van der Waals surface area contributed by atoms with E-state index in [0.717, 1.165) is 0 Å². The number of fused-ring (bicyclic) bond motifs is 4. The summed E-state index contributed by atoms with van der Waals surface area (Å²) in [5.74, 6) is -86.8. The van der Waals surface area contributed by atoms with E-state index >= 15 is 70.2 Å². The highest BCUT2D eigenvalue weighted by Crippen LogP contribution is 2.71. The molecule has 4 aliphatic rings. The van der Waals surface area contributed by atoms with Crippen LogP contribution in [0.3, 0.4) is 0 Å². The van der Waals surface area contributed by atoms with Gasteiger partial charge in [0.2, 0.25) is 18.9 Å². The van der Waals surface area contributed by atoms with Gasteiger partial charge in [-0.15, -0.1) is 0 Å². The topological polar surface area (TPSA) is 16.6 Å². The predicted molar refractivity (Wildman–Crippen MR) is 285 cm³/mol. The molecule has 38 heteroatoms. The predicted octanol–water partition coefficient (Wildman–Crippen LogP) is 22.7. The molecule has 2 N–H and O–H groups in total. The van der Waals surface area contributed by atoms with Crippen molar-refractivity contribution in [2.75, 3.05) is 13.1 Å². The first-order valence-electron chi connectivity index (χ1n) is 29.0. The van der Waals surface area contributed by atoms with Crippen molar-refractivity contribution in [2.24, 2.45) is 0 Å². The minimum Gasteiger partial charge on any atom is -0.346 e. The van der Waals surface area contributed by atoms with E-state index in [2.05, 4.69) is 19.2 Å². The van der Waals surface area contributed by atoms with Gasteiger partial charge >= 0.3 is 18.3 Å². The molecule has 4 atom stereocenters. The highest BCUT2D eigenvalue weighted by molar-refractivity contribution is 6.88. The third-order valence-corrected chi connectivity index (χ3v) is 24.7. The Kier molecular flexibility index (Phi) is 22.5. The van der Waals surface area contributed by atoms with E-state index < -0.39 is 280 Å². The number of rotatable bonds is 16. The van der Waals surface area contributed by atoms with Crippen LogP contribution in [0.4, 0.5) is 158 Å². The van der Waals surface area contributed by atoms with Crippen molar-refractivity contribution in [1.82, 2.24) is 0 Å². The van der Waals surface area contributed by atoms with Crippen LogP contribution < -0.4 is 5.32 Å². The number of hydrogen-bond donors (Lipinski definition) is 1. The number of halogens is 36. The number of hydrogen-bond acceptors (Lipinski definition) is 0. The van der Waals surface area contributed by atoms with Gasteiger partial charge in [0.05, 0.1) is 46.5 Å². The molecule has 6 aromatic rings. The van der Waals surface area contributed by atoms with Gasteiger partial charge in [-0.25, -0.2) is 123 Å². The second kappa shape index (κ2) is 28.8. The third-order valence-electron chi connectivity index (χ3n) is 17.5. The standard InChI is InChI=1S/C15F16.C12H27N.4C9H2F5.Al/c16-5-2(6(17)10(21)12(23)9(5)20)1-3(13(24,25)15(29,30)31)7(18)11(22)8(19)4(1)14(26,27)28;1-3-5-6-7-8-9-10-12-13-11-4-2;4*10-4-1-3-2-5(11)8(13)9(14)6(3)7(4)12;/h;13H,3-12H2,1-2H3;4*1-2H;/q;;;;;;-1/p+1. The molecule has 101 heavy (non-hydrogen) atoms. The Morgan fingerprint density at radius 2 is 0.554 bits per heavy atom. The van der Waals surface area contributed by atoms with Gasteiger partial charge in [0, 0.05) is 5.56 Å². The van der Waals surface area contributed by atoms with Gasteiger partial charge < -0.3 is 5.32 Å². The molecule has 0 saturated heterocycles. The molecule has 0 aliphatic heterocycles. The van der Waals surface area contributed by atoms with Gasteiger partial charge in [0.25, 0.3) is 0 Å². The highest BCUT2D eigenvalue weighted by atomic mass is 27.2. The zero-order valence-corrected chi connectivity index (χ0v) is 51.1. The van der Waals surface area contributed by atoms with Crippen LogP contribution in [0.1, 0.15) is 140 Å². The van der Waals surface area contributed by atoms with Crippen LogP contribution in [0.25, 0.3) is 34.4 Å². The van der Waals surface area contributed by atoms with Crippen LogP contribution in [-0.2, 0) is 12.1 Å². The molecular formula is C63H36AlF36N. The maximum Gasteiger partial charge on any atom is 0.458 e. The Morgan fingerprint density at radius 1 is 0.287 bits per heavy atom. The minimum absolute atomic E-state index is 0.349. The van der Waals surface area contributed by atoms with Crippen molar-refractivity contribution in [1.29, 1.82) is 0 Å². The molecule has 0 spiro atoms. The zero-order valence-electron chi connectivity index (χ0n) is 50.0. The number of quaternary nitrogens is 1. The van der Waals surface area contributed by atoms with Crippen molar-refractivity contribution in [2.45, 2.75) is 103 Å². The van der Waals surface area contributed by atoms with Crippen LogP contribution in [0.2, 0.25) is 0 Å². The first-order chi connectivity index (χ1) is 46.8. The van der Waals surface area contributed by atoms with E-state index in [1.165, 1.54) is 64.5 Å². The normalized spacial score (nSPS) is 18.0. The smallest absolute Gasteiger partial charge is 0.346 e. The lowest BCUT2D eigenvalue weighted by atomic mass is 9.88. The second-order valence-electron chi connectivity index (χ2n) is 23.1. The molecule has 548 valence electrons. The van der Waals surface area contributed by atoms with Crippen LogP contribution in [-0.4, -0.2) is 32.3 Å². The summed E-state index contributed by atoms with van der Waals surface area (Å²) < 4.78 is 511. The summed E-state index contributed by atoms with van der Waals surface area (Å²) in [6, 6.07) is -1.40. The maximum absolute atomic E-state index is 17.0. The molecule has 0 aromatic heterocycles. The van der Waals surface area contributed by atoms with Crippen LogP contribution in [0.5, 0.6) is 0 Å². The van der Waals surface area contributed by atoms with Crippen molar-refractivity contribution in [3.63, 3.8) is 0 Å². The molecule has 0 heterocycles. The molecule has 4 aliphatic carbocycles. The van der Waals surface area contributed by atoms with E-state index in [4.69, 9.17) is 0 Å². The Hall–Kier alpha value is -7.75. The number of unbranched alkanes of at least 4 members (excludes halogenated alkanes) is 6. The largest absolute Gasteiger partial charge is 0.458 e. The number of allylic oxidation sites excluding steroid dienone is 4. The lowest BCUT2D eigenvalue weighted by Gasteiger charge is -2.54. The fourth-order valence-electron chi connectivity index (χ4n) is 13.3. The molecular weight excluding hydrogens is 1480 g/mol. The number of alkyl halides is 8. The minimum atomic E-state index is -7.79. The Bertz CT molecular complexity index is 4090. The molecule has 10 rings (SSSR count). The van der Waals surface area contributed by atoms with Gasteiger partial charge in [-0.3, -0.25) is 0 Å². The van der Waals surface area contributed by atoms with Crippen LogP contribution in [0, 0.1) is 116 Å². The fourth-order valence-corrected chi connectivity index (χ4v) is 21.8. The Balaban J connectivity index is 0.000000246. The molecule has 0 bridgehead atoms. The summed E-state index contributed by atoms with van der Waals surface area (Å²) in [6.45, 7) is 7.19. The van der Waals surface area contributed by atoms with Crippen LogP contribution in [0.15, 0.2) is 47.6 Å². The summed E-state index contributed by atoms with van der Waals surface area (Å²) in [5.41, 5.74) is -29.4. The summed E-state index contributed by atoms with van der Waals surface area (Å²) in [7, 11) is 0. The summed E-state index contributed by atoms with van der Waals surface area (Å²) >= 11 is -7.79. The lowest BCUT2D eigenvalue weighted by Crippen LogP contribution is -2.84. The monoisotopic (exact) mass is 1520 g/mol. The molecule has 0 radical (unpaired) electrons. The number of nitrogens with two attached hydrogens (primary N) is 1. The maximum atomic E-state index is 17.0. The summed E-state index contributed by atoms with van der Waals surface area (Å²) in [5, 5.41) is 2.45. The average Bonchev–Trinajstić information content (AvgIpc) is 1.51. The van der Waals surface area contributed by atoms with Gasteiger partial charge in [-0.2, -0.15) is 35.1 Å². The summed E-state index contributed by atoms with van der Waals surface area (Å²) in [4.78, 5) is 0. The summed E-state index contributed by atoms with van der Waals surface area (Å²) in [6.07, 6.45) is -2.33. The zero-order chi connectivity index (χ0) is 76.0. The average molecular weight is 1520 g/mol. The molecule has 0 fully saturated rings. The van der Waals surface area contributed by atoms with E-state index in [9.17, 15) is 87.8 Å². The fraction of sp³-hybridized carbons (Fsp3) is 0.302. The van der Waals surface area contributed by atoms with Crippen molar-refractivity contribution in [3.8, 4) is 11.1 Å². The van der Waals surface area contributed by atoms with E-state index in [1.54, 1.807) is 0 Å². The van der Waals surface area contributed by atoms with Crippen molar-refractivity contribution < 1.29 is 163 Å². The SMILES string of the molecule is CCCCCCCCC[NH2+]CCC.FC1=C(F)[CH]([Al-]([CH]2C(F)=C(F)c3c2cc(F)c(F)c3F)([CH]2C(F)=C(F)c3c2cc(F)c(F)c3F)[CH]2C(F)=C(F)c3c2cc(F)c(F)c3F)c2cc(F)c(F)c(F)c21.Fc1c(F)c(F)c(-c2c(C(F)(F)F)c(F)c(F)c(F)c2C(F)(F)C(F)(F)F)c(F)c1F. The van der Waals surface area contributed by atoms with Crippen molar-refractivity contribution >= 4 is 36.4 Å². The van der Waals surface area contributed by atoms with Gasteiger partial charge in [-0.05, 0) is 43.5 Å². The molecule has 6 aromatic carbocycles. The quantitative estimate of drug-likeness (QED) is 0.0327. The van der Waals surface area contributed by atoms with Crippen LogP contribution >= 0.6 is 0 Å². The van der Waals surface area contributed by atoms with Gasteiger partial charge in [0.1, 0.15) is 28.9 Å². The first kappa shape index (κ1) is 79.0.